The Morgan fingerprint density at radius 3 is 1.60 bits per heavy atom. The van der Waals surface area contributed by atoms with Crippen molar-refractivity contribution in [1.29, 1.82) is 0 Å². The van der Waals surface area contributed by atoms with E-state index < -0.39 is 0 Å². The monoisotopic (exact) mass is 214 g/mol. The van der Waals surface area contributed by atoms with Crippen molar-refractivity contribution in [2.75, 3.05) is 0 Å². The Bertz CT molecular complexity index is 127. The van der Waals surface area contributed by atoms with E-state index in [4.69, 9.17) is 5.11 Å². The summed E-state index contributed by atoms with van der Waals surface area (Å²) in [5, 5.41) is 9.03. The summed E-state index contributed by atoms with van der Waals surface area (Å²) < 4.78 is 0. The van der Waals surface area contributed by atoms with Gasteiger partial charge in [-0.2, -0.15) is 0 Å². The Morgan fingerprint density at radius 2 is 1.40 bits per heavy atom. The summed E-state index contributed by atoms with van der Waals surface area (Å²) in [6.07, 6.45) is 7.11. The molecule has 0 aromatic heterocycles. The molecule has 1 rings (SSSR count). The minimum Gasteiger partial charge on any atom is -0.393 e. The topological polar surface area (TPSA) is 20.2 Å². The molecular formula is C14H30O. The van der Waals surface area contributed by atoms with Crippen LogP contribution in [0.25, 0.3) is 0 Å². The van der Waals surface area contributed by atoms with E-state index >= 15 is 0 Å². The van der Waals surface area contributed by atoms with E-state index in [1.807, 2.05) is 0 Å². The summed E-state index contributed by atoms with van der Waals surface area (Å²) in [5.74, 6) is 0.860. The molecule has 15 heavy (non-hydrogen) atoms. The number of rotatable bonds is 2. The summed E-state index contributed by atoms with van der Waals surface area (Å²) >= 11 is 0. The molecule has 0 radical (unpaired) electrons. The van der Waals surface area contributed by atoms with Crippen LogP contribution in [-0.2, 0) is 0 Å². The maximum atomic E-state index is 9.03. The summed E-state index contributed by atoms with van der Waals surface area (Å²) in [4.78, 5) is 0. The third kappa shape index (κ3) is 7.84. The molecule has 0 amide bonds. The van der Waals surface area contributed by atoms with Gasteiger partial charge in [-0.15, -0.1) is 0 Å². The predicted molar refractivity (Wildman–Crippen MR) is 68.0 cm³/mol. The average Bonchev–Trinajstić information content (AvgIpc) is 2.23. The second-order valence-electron chi connectivity index (χ2n) is 5.79. The van der Waals surface area contributed by atoms with Gasteiger partial charge in [0, 0.05) is 0 Å². The van der Waals surface area contributed by atoms with Crippen LogP contribution in [0, 0.1) is 11.3 Å². The van der Waals surface area contributed by atoms with Gasteiger partial charge in [0.1, 0.15) is 0 Å². The molecule has 1 aliphatic rings. The van der Waals surface area contributed by atoms with E-state index in [-0.39, 0.29) is 6.10 Å². The Kier molecular flexibility index (Phi) is 7.25. The number of aliphatic hydroxyl groups excluding tert-OH is 1. The van der Waals surface area contributed by atoms with Crippen LogP contribution in [0.3, 0.4) is 0 Å². The van der Waals surface area contributed by atoms with Crippen LogP contribution in [-0.4, -0.2) is 11.2 Å². The molecule has 0 atom stereocenters. The molecule has 1 saturated carbocycles. The summed E-state index contributed by atoms with van der Waals surface area (Å²) in [6.45, 7) is 11.3. The van der Waals surface area contributed by atoms with Crippen molar-refractivity contribution in [3.8, 4) is 0 Å². The van der Waals surface area contributed by atoms with Crippen LogP contribution < -0.4 is 0 Å². The molecule has 0 spiro atoms. The molecule has 92 valence electrons. The summed E-state index contributed by atoms with van der Waals surface area (Å²) in [6, 6.07) is 0. The largest absolute Gasteiger partial charge is 0.393 e. The smallest absolute Gasteiger partial charge is 0.0540 e. The Morgan fingerprint density at radius 1 is 1.00 bits per heavy atom. The van der Waals surface area contributed by atoms with Gasteiger partial charge in [0.2, 0.25) is 0 Å². The third-order valence-corrected chi connectivity index (χ3v) is 3.90. The van der Waals surface area contributed by atoms with Crippen LogP contribution >= 0.6 is 0 Å². The molecule has 0 unspecified atom stereocenters. The summed E-state index contributed by atoms with van der Waals surface area (Å²) in [7, 11) is 0. The summed E-state index contributed by atoms with van der Waals surface area (Å²) in [5.41, 5.74) is 0.583. The molecule has 1 heteroatoms. The quantitative estimate of drug-likeness (QED) is 0.723. The molecule has 1 fully saturated rings. The van der Waals surface area contributed by atoms with Crippen LogP contribution in [0.1, 0.15) is 73.1 Å². The second-order valence-corrected chi connectivity index (χ2v) is 5.79. The third-order valence-electron chi connectivity index (χ3n) is 3.90. The first-order valence-electron chi connectivity index (χ1n) is 6.59. The van der Waals surface area contributed by atoms with Crippen molar-refractivity contribution in [2.45, 2.75) is 79.2 Å². The maximum absolute atomic E-state index is 9.03. The Balaban J connectivity index is 0.000000265. The van der Waals surface area contributed by atoms with Gasteiger partial charge in [-0.25, -0.2) is 0 Å². The molecule has 0 saturated heterocycles. The lowest BCUT2D eigenvalue weighted by molar-refractivity contribution is 0.112. The van der Waals surface area contributed by atoms with E-state index in [1.54, 1.807) is 0 Å². The highest BCUT2D eigenvalue weighted by Crippen LogP contribution is 2.23. The fraction of sp³-hybridized carbons (Fsp3) is 1.00. The van der Waals surface area contributed by atoms with Crippen molar-refractivity contribution < 1.29 is 5.11 Å². The van der Waals surface area contributed by atoms with E-state index in [2.05, 4.69) is 34.6 Å². The SMILES string of the molecule is CC1CCC(O)CC1.CCC(C)(C)CC. The zero-order chi connectivity index (χ0) is 11.9. The lowest BCUT2D eigenvalue weighted by atomic mass is 9.88. The highest BCUT2D eigenvalue weighted by molar-refractivity contribution is 4.67. The molecule has 1 N–H and O–H groups in total. The number of aliphatic hydroxyl groups is 1. The minimum atomic E-state index is 0.0196. The van der Waals surface area contributed by atoms with E-state index in [0.717, 1.165) is 18.8 Å². The number of hydrogen-bond donors (Lipinski definition) is 1. The van der Waals surface area contributed by atoms with Gasteiger partial charge in [-0.3, -0.25) is 0 Å². The van der Waals surface area contributed by atoms with Crippen LogP contribution in [0.4, 0.5) is 0 Å². The van der Waals surface area contributed by atoms with Crippen molar-refractivity contribution in [2.24, 2.45) is 11.3 Å². The first-order chi connectivity index (χ1) is 6.91. The second kappa shape index (κ2) is 7.27. The zero-order valence-electron chi connectivity index (χ0n) is 11.3. The van der Waals surface area contributed by atoms with Gasteiger partial charge in [-0.1, -0.05) is 47.5 Å². The van der Waals surface area contributed by atoms with Gasteiger partial charge >= 0.3 is 0 Å². The lowest BCUT2D eigenvalue weighted by Crippen LogP contribution is -2.15. The molecule has 0 aromatic rings. The highest BCUT2D eigenvalue weighted by atomic mass is 16.3. The number of hydrogen-bond acceptors (Lipinski definition) is 1. The van der Waals surface area contributed by atoms with Gasteiger partial charge in [0.05, 0.1) is 6.10 Å². The lowest BCUT2D eigenvalue weighted by Gasteiger charge is -2.21. The molecular weight excluding hydrogens is 184 g/mol. The Labute approximate surface area is 96.3 Å². The first-order valence-corrected chi connectivity index (χ1v) is 6.59. The minimum absolute atomic E-state index is 0.0196. The normalized spacial score (nSPS) is 26.8. The van der Waals surface area contributed by atoms with Crippen LogP contribution in [0.2, 0.25) is 0 Å². The molecule has 0 bridgehead atoms. The Hall–Kier alpha value is -0.0400. The molecule has 0 aliphatic heterocycles. The highest BCUT2D eigenvalue weighted by Gasteiger charge is 2.14. The van der Waals surface area contributed by atoms with Crippen molar-refractivity contribution in [3.63, 3.8) is 0 Å². The van der Waals surface area contributed by atoms with Gasteiger partial charge < -0.3 is 5.11 Å². The van der Waals surface area contributed by atoms with Crippen LogP contribution in [0.15, 0.2) is 0 Å². The van der Waals surface area contributed by atoms with Crippen molar-refractivity contribution in [3.05, 3.63) is 0 Å². The average molecular weight is 214 g/mol. The molecule has 1 aliphatic carbocycles. The van der Waals surface area contributed by atoms with Crippen molar-refractivity contribution >= 4 is 0 Å². The molecule has 1 nitrogen and oxygen atoms in total. The van der Waals surface area contributed by atoms with Crippen molar-refractivity contribution in [1.82, 2.24) is 0 Å². The van der Waals surface area contributed by atoms with Gasteiger partial charge in [0.15, 0.2) is 0 Å². The van der Waals surface area contributed by atoms with E-state index in [1.165, 1.54) is 25.7 Å². The van der Waals surface area contributed by atoms with Crippen LogP contribution in [0.5, 0.6) is 0 Å². The molecule has 0 aromatic carbocycles. The first kappa shape index (κ1) is 15.0. The fourth-order valence-electron chi connectivity index (χ4n) is 1.49. The predicted octanol–water partition coefficient (Wildman–Crippen LogP) is 4.39. The fourth-order valence-corrected chi connectivity index (χ4v) is 1.49. The van der Waals surface area contributed by atoms with Gasteiger partial charge in [-0.05, 0) is 37.0 Å². The van der Waals surface area contributed by atoms with E-state index in [9.17, 15) is 0 Å². The van der Waals surface area contributed by atoms with E-state index in [0.29, 0.717) is 5.41 Å². The zero-order valence-corrected chi connectivity index (χ0v) is 11.3. The van der Waals surface area contributed by atoms with Gasteiger partial charge in [0.25, 0.3) is 0 Å². The maximum Gasteiger partial charge on any atom is 0.0540 e. The molecule has 0 heterocycles. The standard InChI is InChI=1S/C7H14O.C7H16/c1-6-2-4-7(8)5-3-6;1-5-7(3,4)6-2/h6-8H,2-5H2,1H3;5-6H2,1-4H3.